The number of imidazole rings is 1. The minimum atomic E-state index is -4.61. The Labute approximate surface area is 224 Å². The van der Waals surface area contributed by atoms with Gasteiger partial charge in [-0.15, -0.1) is 0 Å². The molecule has 2 aromatic heterocycles. The number of nitrogens with zero attached hydrogens (tertiary/aromatic N) is 3. The number of hydrogen-bond donors (Lipinski definition) is 1. The topological polar surface area (TPSA) is 78.0 Å². The number of alkyl halides is 3. The number of thiol groups is 1. The third-order valence-corrected chi connectivity index (χ3v) is 6.95. The van der Waals surface area contributed by atoms with E-state index in [0.717, 1.165) is 18.2 Å². The van der Waals surface area contributed by atoms with Gasteiger partial charge in [-0.25, -0.2) is 18.4 Å². The van der Waals surface area contributed by atoms with E-state index in [2.05, 4.69) is 4.98 Å². The quantitative estimate of drug-likeness (QED) is 0.218. The van der Waals surface area contributed by atoms with Gasteiger partial charge in [0.15, 0.2) is 28.0 Å². The van der Waals surface area contributed by atoms with Gasteiger partial charge >= 0.3 is 6.18 Å². The second-order valence-electron chi connectivity index (χ2n) is 8.98. The lowest BCUT2D eigenvalue weighted by molar-refractivity contribution is -0.141. The van der Waals surface area contributed by atoms with E-state index in [-0.39, 0.29) is 10.7 Å². The Morgan fingerprint density at radius 2 is 1.62 bits per heavy atom. The first-order valence-corrected chi connectivity index (χ1v) is 13.4. The lowest BCUT2D eigenvalue weighted by Gasteiger charge is -2.14. The van der Waals surface area contributed by atoms with Crippen LogP contribution in [0.3, 0.4) is 0 Å². The van der Waals surface area contributed by atoms with E-state index >= 15 is 0 Å². The molecule has 0 aliphatic carbocycles. The fourth-order valence-corrected chi connectivity index (χ4v) is 4.87. The molecule has 0 unspecified atom stereocenters. The molecular weight excluding hydrogens is 527 g/mol. The molecule has 0 aliphatic heterocycles. The van der Waals surface area contributed by atoms with E-state index in [0.29, 0.717) is 46.1 Å². The summed E-state index contributed by atoms with van der Waals surface area (Å²) < 4.78 is 71.4. The van der Waals surface area contributed by atoms with Gasteiger partial charge in [-0.05, 0) is 48.7 Å². The third kappa shape index (κ3) is 5.37. The summed E-state index contributed by atoms with van der Waals surface area (Å²) in [6.45, 7) is 3.50. The number of aromatic nitrogens is 3. The highest BCUT2D eigenvalue weighted by Gasteiger charge is 2.35. The van der Waals surface area contributed by atoms with Crippen LogP contribution in [0.4, 0.5) is 13.2 Å². The number of hydrogen-bond acceptors (Lipinski definition) is 5. The van der Waals surface area contributed by atoms with Gasteiger partial charge in [-0.1, -0.05) is 55.5 Å². The van der Waals surface area contributed by atoms with Gasteiger partial charge in [0, 0.05) is 23.7 Å². The van der Waals surface area contributed by atoms with E-state index in [4.69, 9.17) is 9.40 Å². The maximum atomic E-state index is 13.5. The van der Waals surface area contributed by atoms with Crippen LogP contribution < -0.4 is 0 Å². The second-order valence-corrected chi connectivity index (χ2v) is 10.0. The van der Waals surface area contributed by atoms with Gasteiger partial charge in [-0.3, -0.25) is 0 Å². The van der Waals surface area contributed by atoms with Crippen molar-refractivity contribution in [1.29, 1.82) is 0 Å². The Balaban J connectivity index is 1.79. The maximum Gasteiger partial charge on any atom is 0.434 e. The van der Waals surface area contributed by atoms with Crippen molar-refractivity contribution in [3.63, 3.8) is 0 Å². The fraction of sp³-hybridized carbons (Fsp3) is 0.172. The normalized spacial score (nSPS) is 11.8. The molecular formula is C29H24F3N3O3S. The number of oxazole rings is 1. The first kappa shape index (κ1) is 26.4. The number of aryl methyl sites for hydroxylation is 2. The van der Waals surface area contributed by atoms with Gasteiger partial charge in [0.2, 0.25) is 0 Å². The first-order valence-electron chi connectivity index (χ1n) is 12.2. The maximum absolute atomic E-state index is 13.5. The summed E-state index contributed by atoms with van der Waals surface area (Å²) in [5.41, 5.74) is 2.48. The fourth-order valence-electron chi connectivity index (χ4n) is 4.42. The summed E-state index contributed by atoms with van der Waals surface area (Å²) in [5, 5.41) is 0. The van der Waals surface area contributed by atoms with Crippen LogP contribution >= 0.6 is 0 Å². The first-order chi connectivity index (χ1) is 18.7. The van der Waals surface area contributed by atoms with Crippen LogP contribution in [0.15, 0.2) is 88.3 Å². The molecule has 5 aromatic rings. The molecule has 0 saturated carbocycles. The van der Waals surface area contributed by atoms with Gasteiger partial charge in [0.1, 0.15) is 11.5 Å². The SMILES string of the molecule is CCCc1nc(-c2cc(-c3cccc([SH](=O)=O)c3)ccc2-n2cc(C(F)(F)F)nc2C)c(-c2ccccc2)o1. The summed E-state index contributed by atoms with van der Waals surface area (Å²) in [4.78, 5) is 8.68. The van der Waals surface area contributed by atoms with Crippen LogP contribution in [0.1, 0.15) is 30.8 Å². The predicted molar refractivity (Wildman–Crippen MR) is 142 cm³/mol. The molecule has 39 heavy (non-hydrogen) atoms. The average Bonchev–Trinajstić information content (AvgIpc) is 3.53. The largest absolute Gasteiger partial charge is 0.440 e. The van der Waals surface area contributed by atoms with Crippen molar-refractivity contribution in [2.24, 2.45) is 0 Å². The minimum absolute atomic E-state index is 0.153. The predicted octanol–water partition coefficient (Wildman–Crippen LogP) is 7.11. The van der Waals surface area contributed by atoms with Gasteiger partial charge in [-0.2, -0.15) is 13.2 Å². The Hall–Kier alpha value is -4.18. The van der Waals surface area contributed by atoms with Crippen molar-refractivity contribution in [3.8, 4) is 39.4 Å². The summed E-state index contributed by atoms with van der Waals surface area (Å²) in [6, 6.07) is 21.0. The van der Waals surface area contributed by atoms with Crippen molar-refractivity contribution in [1.82, 2.24) is 14.5 Å². The zero-order chi connectivity index (χ0) is 27.7. The zero-order valence-electron chi connectivity index (χ0n) is 21.1. The standard InChI is InChI=1S/C29H24F3N3O3S/c1-3-8-26-34-27(28(38-26)19-9-5-4-6-10-19)23-16-21(20-11-7-12-22(15-20)39(36)37)13-14-24(23)35-17-25(29(30,31)32)33-18(35)2/h4-7,9-17,39H,3,8H2,1-2H3. The molecule has 0 aliphatic rings. The van der Waals surface area contributed by atoms with Crippen LogP contribution in [0.5, 0.6) is 0 Å². The minimum Gasteiger partial charge on any atom is -0.440 e. The van der Waals surface area contributed by atoms with Crippen LogP contribution in [0.25, 0.3) is 39.4 Å². The van der Waals surface area contributed by atoms with Gasteiger partial charge in [0.05, 0.1) is 10.6 Å². The Morgan fingerprint density at radius 3 is 2.28 bits per heavy atom. The van der Waals surface area contributed by atoms with E-state index in [9.17, 15) is 21.6 Å². The molecule has 3 aromatic carbocycles. The highest BCUT2D eigenvalue weighted by molar-refractivity contribution is 7.72. The highest BCUT2D eigenvalue weighted by atomic mass is 32.2. The molecule has 0 spiro atoms. The molecule has 2 heterocycles. The molecule has 0 radical (unpaired) electrons. The molecule has 6 nitrogen and oxygen atoms in total. The van der Waals surface area contributed by atoms with Crippen molar-refractivity contribution < 1.29 is 26.0 Å². The zero-order valence-corrected chi connectivity index (χ0v) is 22.0. The Morgan fingerprint density at radius 1 is 0.897 bits per heavy atom. The molecule has 5 rings (SSSR count). The van der Waals surface area contributed by atoms with Crippen LogP contribution in [-0.2, 0) is 23.3 Å². The van der Waals surface area contributed by atoms with Crippen molar-refractivity contribution >= 4 is 10.7 Å². The lowest BCUT2D eigenvalue weighted by atomic mass is 9.98. The molecule has 0 amide bonds. The molecule has 0 bridgehead atoms. The molecule has 0 atom stereocenters. The van der Waals surface area contributed by atoms with Crippen LogP contribution in [0.2, 0.25) is 0 Å². The average molecular weight is 552 g/mol. The molecule has 200 valence electrons. The van der Waals surface area contributed by atoms with Crippen LogP contribution in [-0.4, -0.2) is 23.0 Å². The van der Waals surface area contributed by atoms with E-state index in [1.807, 2.05) is 37.3 Å². The van der Waals surface area contributed by atoms with E-state index in [1.54, 1.807) is 36.4 Å². The third-order valence-electron chi connectivity index (χ3n) is 6.25. The van der Waals surface area contributed by atoms with Crippen molar-refractivity contribution in [2.75, 3.05) is 0 Å². The van der Waals surface area contributed by atoms with Crippen molar-refractivity contribution in [3.05, 3.63) is 96.4 Å². The summed E-state index contributed by atoms with van der Waals surface area (Å²) in [6.07, 6.45) is -2.28. The number of benzene rings is 3. The summed E-state index contributed by atoms with van der Waals surface area (Å²) in [7, 11) is -2.79. The summed E-state index contributed by atoms with van der Waals surface area (Å²) >= 11 is 0. The number of halogens is 3. The van der Waals surface area contributed by atoms with Gasteiger partial charge in [0.25, 0.3) is 0 Å². The smallest absolute Gasteiger partial charge is 0.434 e. The van der Waals surface area contributed by atoms with E-state index in [1.165, 1.54) is 17.6 Å². The highest BCUT2D eigenvalue weighted by Crippen LogP contribution is 2.39. The van der Waals surface area contributed by atoms with Gasteiger partial charge < -0.3 is 8.98 Å². The van der Waals surface area contributed by atoms with Crippen molar-refractivity contribution in [2.45, 2.75) is 37.8 Å². The molecule has 0 N–H and O–H groups in total. The second kappa shape index (κ2) is 10.5. The molecule has 10 heteroatoms. The van der Waals surface area contributed by atoms with Crippen LogP contribution in [0, 0.1) is 6.92 Å². The Bertz CT molecular complexity index is 1710. The molecule has 0 saturated heterocycles. The molecule has 0 fully saturated rings. The lowest BCUT2D eigenvalue weighted by Crippen LogP contribution is -2.05. The number of rotatable bonds is 7. The summed E-state index contributed by atoms with van der Waals surface area (Å²) in [5.74, 6) is 1.15. The van der Waals surface area contributed by atoms with E-state index < -0.39 is 22.6 Å². The monoisotopic (exact) mass is 551 g/mol. The Kier molecular flexibility index (Phi) is 7.14.